The Hall–Kier alpha value is -0.520. The Morgan fingerprint density at radius 3 is 2.43 bits per heavy atom. The van der Waals surface area contributed by atoms with Crippen LogP contribution in [-0.2, 0) is 0 Å². The highest BCUT2D eigenvalue weighted by atomic mass is 14.2. The lowest BCUT2D eigenvalue weighted by Crippen LogP contribution is -2.14. The number of hydrogen-bond acceptors (Lipinski definition) is 0. The van der Waals surface area contributed by atoms with Crippen LogP contribution in [0.3, 0.4) is 0 Å². The van der Waals surface area contributed by atoms with Gasteiger partial charge < -0.3 is 0 Å². The average Bonchev–Trinajstić information content (AvgIpc) is 1.61. The van der Waals surface area contributed by atoms with Gasteiger partial charge in [-0.25, -0.2) is 0 Å². The summed E-state index contributed by atoms with van der Waals surface area (Å²) in [6.07, 6.45) is 7.52. The van der Waals surface area contributed by atoms with Crippen LogP contribution in [0.15, 0.2) is 24.8 Å². The highest BCUT2D eigenvalue weighted by Crippen LogP contribution is 2.32. The van der Waals surface area contributed by atoms with Crippen LogP contribution < -0.4 is 0 Å². The molecule has 38 valence electrons. The van der Waals surface area contributed by atoms with Crippen LogP contribution in [-0.4, -0.2) is 0 Å². The maximum absolute atomic E-state index is 3.70. The summed E-state index contributed by atoms with van der Waals surface area (Å²) in [5, 5.41) is 0. The molecule has 0 nitrogen and oxygen atoms in total. The van der Waals surface area contributed by atoms with Crippen LogP contribution in [0.5, 0.6) is 0 Å². The van der Waals surface area contributed by atoms with E-state index in [0.717, 1.165) is 0 Å². The van der Waals surface area contributed by atoms with E-state index in [1.165, 1.54) is 6.42 Å². The first-order chi connectivity index (χ1) is 3.27. The first-order valence-corrected chi connectivity index (χ1v) is 2.58. The molecule has 0 N–H and O–H groups in total. The Labute approximate surface area is 44.5 Å². The quantitative estimate of drug-likeness (QED) is 0.437. The Morgan fingerprint density at radius 1 is 1.86 bits per heavy atom. The van der Waals surface area contributed by atoms with Gasteiger partial charge in [-0.1, -0.05) is 25.2 Å². The van der Waals surface area contributed by atoms with Crippen LogP contribution in [0.1, 0.15) is 13.3 Å². The zero-order valence-electron chi connectivity index (χ0n) is 4.65. The third kappa shape index (κ3) is 0.604. The molecule has 0 heteroatoms. The minimum absolute atomic E-state index is 0.347. The van der Waals surface area contributed by atoms with Gasteiger partial charge in [-0.15, -0.1) is 6.58 Å². The molecule has 0 aromatic heterocycles. The van der Waals surface area contributed by atoms with E-state index < -0.39 is 0 Å². The van der Waals surface area contributed by atoms with Gasteiger partial charge in [0.25, 0.3) is 0 Å². The van der Waals surface area contributed by atoms with E-state index in [-0.39, 0.29) is 0 Å². The smallest absolute Gasteiger partial charge is 0.00644 e. The fourth-order valence-electron chi connectivity index (χ4n) is 0.641. The van der Waals surface area contributed by atoms with Gasteiger partial charge in [-0.3, -0.25) is 0 Å². The van der Waals surface area contributed by atoms with Crippen molar-refractivity contribution in [1.82, 2.24) is 0 Å². The molecule has 0 aromatic carbocycles. The third-order valence-electron chi connectivity index (χ3n) is 1.52. The van der Waals surface area contributed by atoms with Crippen LogP contribution in [0.2, 0.25) is 0 Å². The molecule has 0 saturated heterocycles. The van der Waals surface area contributed by atoms with Crippen molar-refractivity contribution >= 4 is 0 Å². The van der Waals surface area contributed by atoms with Crippen LogP contribution in [0, 0.1) is 5.41 Å². The van der Waals surface area contributed by atoms with Crippen molar-refractivity contribution in [2.75, 3.05) is 0 Å². The molecule has 7 heavy (non-hydrogen) atoms. The Morgan fingerprint density at radius 2 is 2.43 bits per heavy atom. The molecule has 0 aliphatic heterocycles. The molecule has 0 radical (unpaired) electrons. The van der Waals surface area contributed by atoms with E-state index in [2.05, 4.69) is 25.7 Å². The fraction of sp³-hybridized carbons (Fsp3) is 0.429. The van der Waals surface area contributed by atoms with Gasteiger partial charge in [0.1, 0.15) is 0 Å². The van der Waals surface area contributed by atoms with Crippen LogP contribution >= 0.6 is 0 Å². The van der Waals surface area contributed by atoms with E-state index in [9.17, 15) is 0 Å². The number of allylic oxidation sites excluding steroid dienone is 3. The Balaban J connectivity index is 2.64. The predicted octanol–water partition coefficient (Wildman–Crippen LogP) is 2.14. The SMILES string of the molecule is C=CC1(C)C=CC1. The molecule has 0 amide bonds. The summed E-state index contributed by atoms with van der Waals surface area (Å²) in [7, 11) is 0. The zero-order valence-corrected chi connectivity index (χ0v) is 4.65. The highest BCUT2D eigenvalue weighted by molar-refractivity contribution is 5.18. The van der Waals surface area contributed by atoms with Gasteiger partial charge in [0, 0.05) is 5.41 Å². The maximum atomic E-state index is 3.70. The molecular formula is C7H10. The molecule has 0 fully saturated rings. The maximum Gasteiger partial charge on any atom is 0.00644 e. The van der Waals surface area contributed by atoms with E-state index >= 15 is 0 Å². The number of hydrogen-bond donors (Lipinski definition) is 0. The summed E-state index contributed by atoms with van der Waals surface area (Å²) < 4.78 is 0. The molecule has 1 unspecified atom stereocenters. The van der Waals surface area contributed by atoms with Crippen molar-refractivity contribution in [2.24, 2.45) is 5.41 Å². The van der Waals surface area contributed by atoms with Gasteiger partial charge in [-0.2, -0.15) is 0 Å². The third-order valence-corrected chi connectivity index (χ3v) is 1.52. The average molecular weight is 94.2 g/mol. The van der Waals surface area contributed by atoms with Gasteiger partial charge >= 0.3 is 0 Å². The van der Waals surface area contributed by atoms with Gasteiger partial charge in [0.15, 0.2) is 0 Å². The van der Waals surface area contributed by atoms with Gasteiger partial charge in [0.05, 0.1) is 0 Å². The zero-order chi connectivity index (χ0) is 5.33. The van der Waals surface area contributed by atoms with Crippen molar-refractivity contribution in [2.45, 2.75) is 13.3 Å². The minimum atomic E-state index is 0.347. The lowest BCUT2D eigenvalue weighted by Gasteiger charge is -2.26. The Bertz CT molecular complexity index is 111. The Kier molecular flexibility index (Phi) is 0.810. The summed E-state index contributed by atoms with van der Waals surface area (Å²) in [5.41, 5.74) is 0.347. The van der Waals surface area contributed by atoms with Crippen molar-refractivity contribution in [1.29, 1.82) is 0 Å². The topological polar surface area (TPSA) is 0 Å². The monoisotopic (exact) mass is 94.1 g/mol. The molecule has 0 spiro atoms. The molecule has 1 aliphatic carbocycles. The summed E-state index contributed by atoms with van der Waals surface area (Å²) in [6.45, 7) is 5.88. The second-order valence-electron chi connectivity index (χ2n) is 2.32. The molecule has 0 saturated carbocycles. The second-order valence-corrected chi connectivity index (χ2v) is 2.32. The van der Waals surface area contributed by atoms with Crippen molar-refractivity contribution in [3.8, 4) is 0 Å². The van der Waals surface area contributed by atoms with Crippen molar-refractivity contribution < 1.29 is 0 Å². The molecule has 1 rings (SSSR count). The molecule has 1 atom stereocenters. The van der Waals surface area contributed by atoms with E-state index in [1.807, 2.05) is 6.08 Å². The first kappa shape index (κ1) is 4.63. The van der Waals surface area contributed by atoms with Crippen molar-refractivity contribution in [3.05, 3.63) is 24.8 Å². The summed E-state index contributed by atoms with van der Waals surface area (Å²) in [4.78, 5) is 0. The van der Waals surface area contributed by atoms with E-state index in [4.69, 9.17) is 0 Å². The molecular weight excluding hydrogens is 84.1 g/mol. The summed E-state index contributed by atoms with van der Waals surface area (Å²) >= 11 is 0. The van der Waals surface area contributed by atoms with Crippen LogP contribution in [0.25, 0.3) is 0 Å². The first-order valence-electron chi connectivity index (χ1n) is 2.58. The lowest BCUT2D eigenvalue weighted by atomic mass is 9.79. The fourth-order valence-corrected chi connectivity index (χ4v) is 0.641. The van der Waals surface area contributed by atoms with E-state index in [1.54, 1.807) is 0 Å². The highest BCUT2D eigenvalue weighted by Gasteiger charge is 2.19. The molecule has 0 bridgehead atoms. The minimum Gasteiger partial charge on any atom is -0.102 e. The van der Waals surface area contributed by atoms with Gasteiger partial charge in [0.2, 0.25) is 0 Å². The predicted molar refractivity (Wildman–Crippen MR) is 32.1 cm³/mol. The van der Waals surface area contributed by atoms with Gasteiger partial charge in [-0.05, 0) is 6.42 Å². The number of rotatable bonds is 1. The molecule has 0 heterocycles. The second kappa shape index (κ2) is 1.22. The molecule has 0 aromatic rings. The van der Waals surface area contributed by atoms with Crippen molar-refractivity contribution in [3.63, 3.8) is 0 Å². The van der Waals surface area contributed by atoms with Crippen LogP contribution in [0.4, 0.5) is 0 Å². The van der Waals surface area contributed by atoms with E-state index in [0.29, 0.717) is 5.41 Å². The summed E-state index contributed by atoms with van der Waals surface area (Å²) in [5.74, 6) is 0. The molecule has 1 aliphatic rings. The summed E-state index contributed by atoms with van der Waals surface area (Å²) in [6, 6.07) is 0. The standard InChI is InChI=1S/C7H10/c1-3-7(2)5-4-6-7/h3-5H,1,6H2,2H3. The normalized spacial score (nSPS) is 37.3. The largest absolute Gasteiger partial charge is 0.102 e. The lowest BCUT2D eigenvalue weighted by molar-refractivity contribution is 0.512.